The van der Waals surface area contributed by atoms with E-state index in [0.29, 0.717) is 17.5 Å². The van der Waals surface area contributed by atoms with Crippen LogP contribution in [0.2, 0.25) is 0 Å². The van der Waals surface area contributed by atoms with Gasteiger partial charge in [-0.1, -0.05) is 30.3 Å². The van der Waals surface area contributed by atoms with Crippen LogP contribution < -0.4 is 4.90 Å². The molecule has 1 fully saturated rings. The van der Waals surface area contributed by atoms with Gasteiger partial charge in [0.2, 0.25) is 11.6 Å². The number of hydrogen-bond acceptors (Lipinski definition) is 4. The Morgan fingerprint density at radius 1 is 1.14 bits per heavy atom. The van der Waals surface area contributed by atoms with Crippen LogP contribution in [-0.2, 0) is 12.8 Å². The third-order valence-electron chi connectivity index (χ3n) is 3.85. The number of nitrogens with zero attached hydrogens (tertiary/aromatic N) is 3. The van der Waals surface area contributed by atoms with Crippen molar-refractivity contribution in [3.8, 4) is 6.07 Å². The van der Waals surface area contributed by atoms with Gasteiger partial charge in [0.15, 0.2) is 5.89 Å². The zero-order chi connectivity index (χ0) is 14.5. The first-order valence-electron chi connectivity index (χ1n) is 7.55. The second kappa shape index (κ2) is 6.45. The molecular formula is C17H19N3O. The highest BCUT2D eigenvalue weighted by molar-refractivity contribution is 5.48. The molecule has 4 heteroatoms. The van der Waals surface area contributed by atoms with E-state index < -0.39 is 0 Å². The monoisotopic (exact) mass is 281 g/mol. The minimum atomic E-state index is 0.437. The predicted octanol–water partition coefficient (Wildman–Crippen LogP) is 3.32. The molecule has 0 aliphatic carbocycles. The van der Waals surface area contributed by atoms with Crippen molar-refractivity contribution in [1.82, 2.24) is 4.98 Å². The lowest BCUT2D eigenvalue weighted by Crippen LogP contribution is -2.17. The smallest absolute Gasteiger partial charge is 0.234 e. The van der Waals surface area contributed by atoms with E-state index in [9.17, 15) is 5.26 Å². The molecule has 1 saturated heterocycles. The van der Waals surface area contributed by atoms with Gasteiger partial charge in [-0.3, -0.25) is 0 Å². The van der Waals surface area contributed by atoms with Crippen LogP contribution in [0.25, 0.3) is 0 Å². The van der Waals surface area contributed by atoms with Crippen molar-refractivity contribution in [2.24, 2.45) is 0 Å². The minimum absolute atomic E-state index is 0.437. The second-order valence-corrected chi connectivity index (χ2v) is 5.41. The predicted molar refractivity (Wildman–Crippen MR) is 81.1 cm³/mol. The Hall–Kier alpha value is -2.28. The normalized spacial score (nSPS) is 14.3. The highest BCUT2D eigenvalue weighted by Crippen LogP contribution is 2.26. The molecule has 3 rings (SSSR count). The first-order valence-corrected chi connectivity index (χ1v) is 7.55. The maximum absolute atomic E-state index is 9.20. The Morgan fingerprint density at radius 3 is 2.62 bits per heavy atom. The SMILES string of the molecule is N#Cc1nc(CCCc2ccccc2)oc1N1CCCC1. The number of benzene rings is 1. The van der Waals surface area contributed by atoms with Gasteiger partial charge in [-0.2, -0.15) is 5.26 Å². The van der Waals surface area contributed by atoms with Gasteiger partial charge in [0.05, 0.1) is 0 Å². The van der Waals surface area contributed by atoms with Crippen molar-refractivity contribution in [3.05, 3.63) is 47.5 Å². The molecule has 1 aliphatic rings. The molecule has 1 aromatic heterocycles. The van der Waals surface area contributed by atoms with Crippen LogP contribution in [0.1, 0.15) is 36.4 Å². The van der Waals surface area contributed by atoms with Crippen LogP contribution >= 0.6 is 0 Å². The van der Waals surface area contributed by atoms with Gasteiger partial charge < -0.3 is 9.32 Å². The second-order valence-electron chi connectivity index (χ2n) is 5.41. The first kappa shape index (κ1) is 13.7. The van der Waals surface area contributed by atoms with Crippen LogP contribution in [0.5, 0.6) is 0 Å². The highest BCUT2D eigenvalue weighted by atomic mass is 16.4. The molecule has 1 aromatic carbocycles. The molecular weight excluding hydrogens is 262 g/mol. The molecule has 2 aromatic rings. The number of oxazole rings is 1. The number of hydrogen-bond donors (Lipinski definition) is 0. The summed E-state index contributed by atoms with van der Waals surface area (Å²) in [5, 5.41) is 9.20. The molecule has 0 N–H and O–H groups in total. The van der Waals surface area contributed by atoms with Gasteiger partial charge in [-0.25, -0.2) is 4.98 Å². The molecule has 0 spiro atoms. The fourth-order valence-electron chi connectivity index (χ4n) is 2.76. The van der Waals surface area contributed by atoms with E-state index in [1.165, 1.54) is 5.56 Å². The molecule has 4 nitrogen and oxygen atoms in total. The van der Waals surface area contributed by atoms with E-state index in [2.05, 4.69) is 40.2 Å². The Kier molecular flexibility index (Phi) is 4.20. The van der Waals surface area contributed by atoms with E-state index >= 15 is 0 Å². The summed E-state index contributed by atoms with van der Waals surface area (Å²) in [5.74, 6) is 1.36. The van der Waals surface area contributed by atoms with Crippen LogP contribution in [0, 0.1) is 11.3 Å². The standard InChI is InChI=1S/C17H19N3O/c18-13-15-17(20-11-4-5-12-20)21-16(19-15)10-6-9-14-7-2-1-3-8-14/h1-3,7-8H,4-6,9-12H2. The summed E-state index contributed by atoms with van der Waals surface area (Å²) in [4.78, 5) is 6.47. The summed E-state index contributed by atoms with van der Waals surface area (Å²) in [6.07, 6.45) is 5.08. The highest BCUT2D eigenvalue weighted by Gasteiger charge is 2.21. The molecule has 21 heavy (non-hydrogen) atoms. The third kappa shape index (κ3) is 3.25. The van der Waals surface area contributed by atoms with Gasteiger partial charge in [-0.05, 0) is 31.2 Å². The van der Waals surface area contributed by atoms with Crippen LogP contribution in [0.3, 0.4) is 0 Å². The lowest BCUT2D eigenvalue weighted by atomic mass is 10.1. The van der Waals surface area contributed by atoms with Crippen LogP contribution in [0.4, 0.5) is 5.88 Å². The van der Waals surface area contributed by atoms with Gasteiger partial charge in [-0.15, -0.1) is 0 Å². The van der Waals surface area contributed by atoms with E-state index in [1.54, 1.807) is 0 Å². The molecule has 2 heterocycles. The fourth-order valence-corrected chi connectivity index (χ4v) is 2.76. The van der Waals surface area contributed by atoms with Crippen LogP contribution in [0.15, 0.2) is 34.7 Å². The van der Waals surface area contributed by atoms with E-state index in [4.69, 9.17) is 4.42 Å². The molecule has 0 radical (unpaired) electrons. The molecule has 0 amide bonds. The number of nitriles is 1. The van der Waals surface area contributed by atoms with Gasteiger partial charge in [0.1, 0.15) is 6.07 Å². The number of rotatable bonds is 5. The largest absolute Gasteiger partial charge is 0.424 e. The topological polar surface area (TPSA) is 53.1 Å². The average molecular weight is 281 g/mol. The summed E-state index contributed by atoms with van der Waals surface area (Å²) in [6.45, 7) is 1.93. The van der Waals surface area contributed by atoms with Crippen LogP contribution in [-0.4, -0.2) is 18.1 Å². The molecule has 0 unspecified atom stereocenters. The van der Waals surface area contributed by atoms with E-state index in [0.717, 1.165) is 45.2 Å². The fraction of sp³-hybridized carbons (Fsp3) is 0.412. The lowest BCUT2D eigenvalue weighted by molar-refractivity contribution is 0.484. The number of aryl methyl sites for hydroxylation is 2. The Balaban J connectivity index is 1.62. The zero-order valence-electron chi connectivity index (χ0n) is 12.1. The van der Waals surface area contributed by atoms with Crippen molar-refractivity contribution < 1.29 is 4.42 Å². The summed E-state index contributed by atoms with van der Waals surface area (Å²) in [6, 6.07) is 12.6. The Morgan fingerprint density at radius 2 is 1.90 bits per heavy atom. The van der Waals surface area contributed by atoms with Crippen molar-refractivity contribution >= 4 is 5.88 Å². The first-order chi connectivity index (χ1) is 10.4. The number of anilines is 1. The molecule has 0 atom stereocenters. The Bertz CT molecular complexity index is 621. The molecule has 0 bridgehead atoms. The summed E-state index contributed by atoms with van der Waals surface area (Å²) in [5.41, 5.74) is 1.76. The van der Waals surface area contributed by atoms with E-state index in [-0.39, 0.29) is 0 Å². The third-order valence-corrected chi connectivity index (χ3v) is 3.85. The summed E-state index contributed by atoms with van der Waals surface area (Å²) in [7, 11) is 0. The van der Waals surface area contributed by atoms with Gasteiger partial charge in [0, 0.05) is 19.5 Å². The quantitative estimate of drug-likeness (QED) is 0.843. The van der Waals surface area contributed by atoms with Crippen molar-refractivity contribution in [1.29, 1.82) is 5.26 Å². The maximum Gasteiger partial charge on any atom is 0.234 e. The molecule has 0 saturated carbocycles. The van der Waals surface area contributed by atoms with Gasteiger partial charge >= 0.3 is 0 Å². The average Bonchev–Trinajstić information content (AvgIpc) is 3.17. The number of aromatic nitrogens is 1. The zero-order valence-corrected chi connectivity index (χ0v) is 12.1. The molecule has 108 valence electrons. The molecule has 1 aliphatic heterocycles. The summed E-state index contributed by atoms with van der Waals surface area (Å²) >= 11 is 0. The minimum Gasteiger partial charge on any atom is -0.424 e. The maximum atomic E-state index is 9.20. The van der Waals surface area contributed by atoms with Crippen molar-refractivity contribution in [3.63, 3.8) is 0 Å². The van der Waals surface area contributed by atoms with Gasteiger partial charge in [0.25, 0.3) is 0 Å². The van der Waals surface area contributed by atoms with Crippen molar-refractivity contribution in [2.45, 2.75) is 32.1 Å². The van der Waals surface area contributed by atoms with Crippen molar-refractivity contribution in [2.75, 3.05) is 18.0 Å². The Labute approximate surface area is 125 Å². The lowest BCUT2D eigenvalue weighted by Gasteiger charge is -2.12. The van der Waals surface area contributed by atoms with E-state index in [1.807, 2.05) is 6.07 Å². The summed E-state index contributed by atoms with van der Waals surface area (Å²) < 4.78 is 5.82.